The van der Waals surface area contributed by atoms with Crippen LogP contribution in [-0.2, 0) is 16.3 Å². The number of ether oxygens (including phenoxy) is 2. The maximum atomic E-state index is 11.5. The summed E-state index contributed by atoms with van der Waals surface area (Å²) < 4.78 is 34.7. The van der Waals surface area contributed by atoms with E-state index in [1.54, 1.807) is 24.3 Å². The summed E-state index contributed by atoms with van der Waals surface area (Å²) in [6.45, 7) is 2.80. The summed E-state index contributed by atoms with van der Waals surface area (Å²) >= 11 is 3.40. The third-order valence-electron chi connectivity index (χ3n) is 3.57. The Morgan fingerprint density at radius 1 is 1.04 bits per heavy atom. The molecule has 25 heavy (non-hydrogen) atoms. The first-order valence-electron chi connectivity index (χ1n) is 8.23. The first-order chi connectivity index (χ1) is 11.9. The Bertz CT molecular complexity index is 786. The molecule has 0 aliphatic rings. The van der Waals surface area contributed by atoms with E-state index in [-0.39, 0.29) is 4.90 Å². The zero-order chi connectivity index (χ0) is 18.3. The summed E-state index contributed by atoms with van der Waals surface area (Å²) in [6, 6.07) is 12.2. The number of hydrogen-bond acceptors (Lipinski definition) is 4. The second kappa shape index (κ2) is 9.25. The van der Waals surface area contributed by atoms with Crippen LogP contribution < -0.4 is 9.47 Å². The lowest BCUT2D eigenvalue weighted by Crippen LogP contribution is -2.01. The van der Waals surface area contributed by atoms with E-state index in [0.29, 0.717) is 18.1 Å². The summed E-state index contributed by atoms with van der Waals surface area (Å²) in [4.78, 5) is 0.280. The van der Waals surface area contributed by atoms with E-state index in [2.05, 4.69) is 22.9 Å². The lowest BCUT2D eigenvalue weighted by molar-refractivity contribution is 0.315. The highest BCUT2D eigenvalue weighted by Gasteiger charge is 2.09. The van der Waals surface area contributed by atoms with Gasteiger partial charge in [0.2, 0.25) is 0 Å². The van der Waals surface area contributed by atoms with Crippen molar-refractivity contribution in [3.05, 3.63) is 48.0 Å². The van der Waals surface area contributed by atoms with Crippen molar-refractivity contribution >= 4 is 25.8 Å². The molecule has 136 valence electrons. The van der Waals surface area contributed by atoms with Gasteiger partial charge in [0.1, 0.15) is 17.2 Å². The molecule has 0 saturated heterocycles. The minimum absolute atomic E-state index is 0.280. The van der Waals surface area contributed by atoms with Gasteiger partial charge >= 0.3 is 0 Å². The van der Waals surface area contributed by atoms with E-state index in [4.69, 9.17) is 9.47 Å². The van der Waals surface area contributed by atoms with Gasteiger partial charge in [-0.25, -0.2) is 8.42 Å². The fourth-order valence-electron chi connectivity index (χ4n) is 2.35. The molecule has 0 heterocycles. The smallest absolute Gasteiger partial charge is 0.175 e. The number of halogens is 1. The number of sulfone groups is 1. The van der Waals surface area contributed by atoms with Gasteiger partial charge in [-0.3, -0.25) is 0 Å². The molecule has 4 nitrogen and oxygen atoms in total. The molecule has 2 aromatic rings. The van der Waals surface area contributed by atoms with Crippen LogP contribution in [0.5, 0.6) is 17.2 Å². The Hall–Kier alpha value is -1.53. The summed E-state index contributed by atoms with van der Waals surface area (Å²) in [7, 11) is -3.20. The third-order valence-corrected chi connectivity index (χ3v) is 5.26. The quantitative estimate of drug-likeness (QED) is 0.418. The Balaban J connectivity index is 2.14. The molecule has 2 aromatic carbocycles. The van der Waals surface area contributed by atoms with Gasteiger partial charge in [-0.1, -0.05) is 29.3 Å². The molecule has 0 unspecified atom stereocenters. The van der Waals surface area contributed by atoms with Crippen LogP contribution in [-0.4, -0.2) is 26.6 Å². The van der Waals surface area contributed by atoms with Gasteiger partial charge in [0.25, 0.3) is 0 Å². The minimum Gasteiger partial charge on any atom is -0.493 e. The zero-order valence-electron chi connectivity index (χ0n) is 14.5. The molecule has 0 spiro atoms. The second-order valence-corrected chi connectivity index (χ2v) is 8.56. The number of rotatable bonds is 9. The molecule has 0 aromatic heterocycles. The summed E-state index contributed by atoms with van der Waals surface area (Å²) in [5.74, 6) is 2.20. The average Bonchev–Trinajstić information content (AvgIpc) is 2.57. The summed E-state index contributed by atoms with van der Waals surface area (Å²) in [5, 5.41) is 0.917. The van der Waals surface area contributed by atoms with Crippen LogP contribution in [0.1, 0.15) is 25.3 Å². The van der Waals surface area contributed by atoms with Crippen LogP contribution in [0.3, 0.4) is 0 Å². The van der Waals surface area contributed by atoms with E-state index < -0.39 is 9.84 Å². The second-order valence-electron chi connectivity index (χ2n) is 5.76. The van der Waals surface area contributed by atoms with Gasteiger partial charge in [0.15, 0.2) is 9.84 Å². The highest BCUT2D eigenvalue weighted by atomic mass is 79.9. The van der Waals surface area contributed by atoms with Crippen molar-refractivity contribution in [1.82, 2.24) is 0 Å². The van der Waals surface area contributed by atoms with Crippen molar-refractivity contribution in [3.63, 3.8) is 0 Å². The largest absolute Gasteiger partial charge is 0.493 e. The lowest BCUT2D eigenvalue weighted by atomic mass is 10.1. The predicted molar refractivity (Wildman–Crippen MR) is 104 cm³/mol. The fourth-order valence-corrected chi connectivity index (χ4v) is 3.21. The van der Waals surface area contributed by atoms with E-state index in [9.17, 15) is 8.42 Å². The first kappa shape index (κ1) is 19.8. The highest BCUT2D eigenvalue weighted by Crippen LogP contribution is 2.29. The number of alkyl halides is 1. The maximum Gasteiger partial charge on any atom is 0.175 e. The molecule has 0 atom stereocenters. The van der Waals surface area contributed by atoms with Crippen molar-refractivity contribution in [2.75, 3.05) is 18.2 Å². The van der Waals surface area contributed by atoms with Gasteiger partial charge in [-0.2, -0.15) is 0 Å². The average molecular weight is 427 g/mol. The van der Waals surface area contributed by atoms with Crippen LogP contribution in [0.25, 0.3) is 0 Å². The van der Waals surface area contributed by atoms with Crippen LogP contribution >= 0.6 is 15.9 Å². The molecular weight excluding hydrogens is 404 g/mol. The molecule has 0 saturated carbocycles. The van der Waals surface area contributed by atoms with Crippen molar-refractivity contribution < 1.29 is 17.9 Å². The molecule has 0 aliphatic heterocycles. The Labute approximate surface area is 158 Å². The molecule has 0 N–H and O–H groups in total. The standard InChI is InChI=1S/C19H23BrO4S/c1-3-5-15-14-17(8-11-19(15)23-13-4-12-20)24-16-6-9-18(10-7-16)25(2,21)22/h6-11,14H,3-5,12-13H2,1-2H3. The van der Waals surface area contributed by atoms with Crippen molar-refractivity contribution in [2.45, 2.75) is 31.1 Å². The maximum absolute atomic E-state index is 11.5. The fraction of sp³-hybridized carbons (Fsp3) is 0.368. The number of benzene rings is 2. The molecule has 0 amide bonds. The van der Waals surface area contributed by atoms with E-state index in [0.717, 1.165) is 35.9 Å². The van der Waals surface area contributed by atoms with Crippen LogP contribution in [0, 0.1) is 0 Å². The van der Waals surface area contributed by atoms with Gasteiger partial charge < -0.3 is 9.47 Å². The Morgan fingerprint density at radius 2 is 1.72 bits per heavy atom. The summed E-state index contributed by atoms with van der Waals surface area (Å²) in [6.07, 6.45) is 4.07. The van der Waals surface area contributed by atoms with Crippen molar-refractivity contribution in [3.8, 4) is 17.2 Å². The SMILES string of the molecule is CCCc1cc(Oc2ccc(S(C)(=O)=O)cc2)ccc1OCCCBr. The first-order valence-corrected chi connectivity index (χ1v) is 11.2. The summed E-state index contributed by atoms with van der Waals surface area (Å²) in [5.41, 5.74) is 1.11. The molecule has 0 radical (unpaired) electrons. The zero-order valence-corrected chi connectivity index (χ0v) is 16.9. The van der Waals surface area contributed by atoms with Crippen molar-refractivity contribution in [2.24, 2.45) is 0 Å². The molecule has 0 aliphatic carbocycles. The predicted octanol–water partition coefficient (Wildman–Crippen LogP) is 5.00. The lowest BCUT2D eigenvalue weighted by Gasteiger charge is -2.13. The third kappa shape index (κ3) is 6.04. The molecular formula is C19H23BrO4S. The number of hydrogen-bond donors (Lipinski definition) is 0. The topological polar surface area (TPSA) is 52.6 Å². The monoisotopic (exact) mass is 426 g/mol. The molecule has 6 heteroatoms. The normalized spacial score (nSPS) is 11.3. The van der Waals surface area contributed by atoms with Gasteiger partial charge in [-0.15, -0.1) is 0 Å². The van der Waals surface area contributed by atoms with Crippen LogP contribution in [0.2, 0.25) is 0 Å². The Kier molecular flexibility index (Phi) is 7.32. The van der Waals surface area contributed by atoms with Gasteiger partial charge in [0.05, 0.1) is 11.5 Å². The van der Waals surface area contributed by atoms with E-state index in [1.165, 1.54) is 6.26 Å². The van der Waals surface area contributed by atoms with Crippen LogP contribution in [0.15, 0.2) is 47.4 Å². The highest BCUT2D eigenvalue weighted by molar-refractivity contribution is 9.09. The van der Waals surface area contributed by atoms with Gasteiger partial charge in [0, 0.05) is 11.6 Å². The van der Waals surface area contributed by atoms with Crippen molar-refractivity contribution in [1.29, 1.82) is 0 Å². The minimum atomic E-state index is -3.20. The van der Waals surface area contributed by atoms with Gasteiger partial charge in [-0.05, 0) is 60.9 Å². The molecule has 0 fully saturated rings. The van der Waals surface area contributed by atoms with E-state index in [1.807, 2.05) is 18.2 Å². The number of aryl methyl sites for hydroxylation is 1. The van der Waals surface area contributed by atoms with E-state index >= 15 is 0 Å². The van der Waals surface area contributed by atoms with Crippen LogP contribution in [0.4, 0.5) is 0 Å². The Morgan fingerprint density at radius 3 is 2.32 bits per heavy atom. The molecule has 0 bridgehead atoms. The molecule has 2 rings (SSSR count).